The Morgan fingerprint density at radius 2 is 1.75 bits per heavy atom. The van der Waals surface area contributed by atoms with Crippen molar-refractivity contribution in [1.29, 1.82) is 0 Å². The molecule has 0 saturated heterocycles. The van der Waals surface area contributed by atoms with Crippen molar-refractivity contribution in [3.05, 3.63) is 29.8 Å². The molecule has 0 fully saturated rings. The highest BCUT2D eigenvalue weighted by Gasteiger charge is 2.02. The maximum atomic E-state index is 10.9. The second kappa shape index (κ2) is 8.39. The zero-order chi connectivity index (χ0) is 15.0. The number of thiocarbonyl (C=S) groups is 1. The number of carboxylic acid groups (broad SMARTS) is 1. The topological polar surface area (TPSA) is 90.5 Å². The van der Waals surface area contributed by atoms with Crippen LogP contribution in [-0.2, 0) is 4.79 Å². The lowest BCUT2D eigenvalue weighted by molar-refractivity contribution is -0.118. The highest BCUT2D eigenvalue weighted by atomic mass is 32.1. The van der Waals surface area contributed by atoms with Gasteiger partial charge in [0.05, 0.1) is 11.3 Å². The molecule has 0 atom stereocenters. The fourth-order valence-corrected chi connectivity index (χ4v) is 1.64. The first-order valence-corrected chi connectivity index (χ1v) is 6.82. The molecule has 0 heterocycles. The molecule has 0 aliphatic heterocycles. The molecule has 0 spiro atoms. The Morgan fingerprint density at radius 3 is 2.30 bits per heavy atom. The van der Waals surface area contributed by atoms with E-state index in [1.54, 1.807) is 12.1 Å². The van der Waals surface area contributed by atoms with Gasteiger partial charge in [-0.1, -0.05) is 0 Å². The van der Waals surface area contributed by atoms with Crippen molar-refractivity contribution in [3.8, 4) is 0 Å². The third-order valence-electron chi connectivity index (χ3n) is 2.27. The second-order valence-corrected chi connectivity index (χ2v) is 4.50. The second-order valence-electron chi connectivity index (χ2n) is 3.77. The van der Waals surface area contributed by atoms with Crippen molar-refractivity contribution in [2.75, 3.05) is 24.2 Å². The summed E-state index contributed by atoms with van der Waals surface area (Å²) in [6.45, 7) is 0.928. The molecule has 8 heteroatoms. The first kappa shape index (κ1) is 16.3. The van der Waals surface area contributed by atoms with Gasteiger partial charge in [0, 0.05) is 18.8 Å². The Bertz CT molecular complexity index is 491. The molecule has 1 aromatic carbocycles. The predicted molar refractivity (Wildman–Crippen MR) is 84.5 cm³/mol. The number of carboxylic acids is 1. The van der Waals surface area contributed by atoms with E-state index in [1.807, 2.05) is 0 Å². The number of aromatic carboxylic acids is 1. The van der Waals surface area contributed by atoms with E-state index in [2.05, 4.69) is 28.6 Å². The Hall–Kier alpha value is -1.80. The van der Waals surface area contributed by atoms with Gasteiger partial charge in [0.1, 0.15) is 0 Å². The number of carbonyl (C=O) groups is 2. The monoisotopic (exact) mass is 313 g/mol. The molecule has 0 radical (unpaired) electrons. The minimum Gasteiger partial charge on any atom is -0.478 e. The van der Waals surface area contributed by atoms with E-state index >= 15 is 0 Å². The standard InChI is InChI=1S/C12H15N3O3S2/c16-10(7-19)13-5-6-14-12(20)15-9-3-1-8(2-4-9)11(17)18/h1-4,19H,5-7H2,(H,13,16)(H,17,18)(H2,14,15,20). The van der Waals surface area contributed by atoms with Crippen molar-refractivity contribution in [2.24, 2.45) is 0 Å². The zero-order valence-corrected chi connectivity index (χ0v) is 12.3. The summed E-state index contributed by atoms with van der Waals surface area (Å²) in [5, 5.41) is 17.6. The van der Waals surface area contributed by atoms with Gasteiger partial charge in [0.2, 0.25) is 5.91 Å². The minimum absolute atomic E-state index is 0.140. The lowest BCUT2D eigenvalue weighted by Crippen LogP contribution is -2.37. The van der Waals surface area contributed by atoms with Crippen LogP contribution in [0.25, 0.3) is 0 Å². The van der Waals surface area contributed by atoms with E-state index in [0.717, 1.165) is 0 Å². The first-order chi connectivity index (χ1) is 9.52. The SMILES string of the molecule is O=C(CS)NCCNC(=S)Nc1ccc(C(=O)O)cc1. The number of anilines is 1. The van der Waals surface area contributed by atoms with Crippen molar-refractivity contribution in [1.82, 2.24) is 10.6 Å². The molecule has 1 rings (SSSR count). The minimum atomic E-state index is -0.975. The molecule has 20 heavy (non-hydrogen) atoms. The van der Waals surface area contributed by atoms with Gasteiger partial charge in [-0.2, -0.15) is 12.6 Å². The average Bonchev–Trinajstić information content (AvgIpc) is 2.43. The number of thiol groups is 1. The average molecular weight is 313 g/mol. The molecule has 0 aliphatic rings. The summed E-state index contributed by atoms with van der Waals surface area (Å²) < 4.78 is 0. The van der Waals surface area contributed by atoms with Gasteiger partial charge in [-0.3, -0.25) is 4.79 Å². The number of benzene rings is 1. The van der Waals surface area contributed by atoms with Gasteiger partial charge in [0.25, 0.3) is 0 Å². The Morgan fingerprint density at radius 1 is 1.15 bits per heavy atom. The van der Waals surface area contributed by atoms with E-state index in [9.17, 15) is 9.59 Å². The molecule has 0 bridgehead atoms. The van der Waals surface area contributed by atoms with Crippen LogP contribution in [0.2, 0.25) is 0 Å². The third-order valence-corrected chi connectivity index (χ3v) is 2.80. The molecule has 0 saturated carbocycles. The Balaban J connectivity index is 2.31. The molecule has 1 amide bonds. The predicted octanol–water partition coefficient (Wildman–Crippen LogP) is 0.717. The molecular formula is C12H15N3O3S2. The lowest BCUT2D eigenvalue weighted by Gasteiger charge is -2.11. The first-order valence-electron chi connectivity index (χ1n) is 5.78. The van der Waals surface area contributed by atoms with E-state index < -0.39 is 5.97 Å². The van der Waals surface area contributed by atoms with Crippen LogP contribution in [0.5, 0.6) is 0 Å². The van der Waals surface area contributed by atoms with Crippen molar-refractivity contribution in [2.45, 2.75) is 0 Å². The van der Waals surface area contributed by atoms with Crippen LogP contribution in [0.4, 0.5) is 5.69 Å². The van der Waals surface area contributed by atoms with Crippen LogP contribution in [0.15, 0.2) is 24.3 Å². The zero-order valence-electron chi connectivity index (χ0n) is 10.5. The molecule has 1 aromatic rings. The van der Waals surface area contributed by atoms with Crippen molar-refractivity contribution in [3.63, 3.8) is 0 Å². The Kier molecular flexibility index (Phi) is 6.82. The van der Waals surface area contributed by atoms with Gasteiger partial charge in [-0.15, -0.1) is 0 Å². The van der Waals surface area contributed by atoms with Gasteiger partial charge in [-0.25, -0.2) is 4.79 Å². The number of hydrogen-bond donors (Lipinski definition) is 5. The van der Waals surface area contributed by atoms with Crippen LogP contribution < -0.4 is 16.0 Å². The van der Waals surface area contributed by atoms with E-state index in [4.69, 9.17) is 17.3 Å². The number of hydrogen-bond acceptors (Lipinski definition) is 4. The van der Waals surface area contributed by atoms with Gasteiger partial charge < -0.3 is 21.1 Å². The van der Waals surface area contributed by atoms with E-state index in [1.165, 1.54) is 12.1 Å². The highest BCUT2D eigenvalue weighted by Crippen LogP contribution is 2.09. The lowest BCUT2D eigenvalue weighted by atomic mass is 10.2. The van der Waals surface area contributed by atoms with Crippen molar-refractivity contribution < 1.29 is 14.7 Å². The molecular weight excluding hydrogens is 298 g/mol. The summed E-state index contributed by atoms with van der Waals surface area (Å²) in [5.74, 6) is -0.964. The van der Waals surface area contributed by atoms with Crippen LogP contribution in [-0.4, -0.2) is 40.9 Å². The quantitative estimate of drug-likeness (QED) is 0.302. The summed E-state index contributed by atoms with van der Waals surface area (Å²) >= 11 is 8.90. The summed E-state index contributed by atoms with van der Waals surface area (Å²) in [6, 6.07) is 6.22. The maximum Gasteiger partial charge on any atom is 0.335 e. The Labute approximate surface area is 127 Å². The summed E-state index contributed by atoms with van der Waals surface area (Å²) in [7, 11) is 0. The fraction of sp³-hybridized carbons (Fsp3) is 0.250. The summed E-state index contributed by atoms with van der Waals surface area (Å²) in [4.78, 5) is 21.6. The van der Waals surface area contributed by atoms with E-state index in [0.29, 0.717) is 23.9 Å². The molecule has 108 valence electrons. The molecule has 4 N–H and O–H groups in total. The maximum absolute atomic E-state index is 10.9. The third kappa shape index (κ3) is 5.89. The van der Waals surface area contributed by atoms with Crippen LogP contribution >= 0.6 is 24.8 Å². The number of carbonyl (C=O) groups excluding carboxylic acids is 1. The number of nitrogens with one attached hydrogen (secondary N) is 3. The summed E-state index contributed by atoms with van der Waals surface area (Å²) in [5.41, 5.74) is 0.899. The van der Waals surface area contributed by atoms with Gasteiger partial charge in [-0.05, 0) is 36.5 Å². The molecule has 0 aliphatic carbocycles. The largest absolute Gasteiger partial charge is 0.478 e. The molecule has 0 aromatic heterocycles. The van der Waals surface area contributed by atoms with Crippen LogP contribution in [0.1, 0.15) is 10.4 Å². The van der Waals surface area contributed by atoms with Crippen LogP contribution in [0, 0.1) is 0 Å². The molecule has 0 unspecified atom stereocenters. The number of rotatable bonds is 6. The van der Waals surface area contributed by atoms with Gasteiger partial charge in [0.15, 0.2) is 5.11 Å². The smallest absolute Gasteiger partial charge is 0.335 e. The number of amides is 1. The van der Waals surface area contributed by atoms with Crippen molar-refractivity contribution >= 4 is 47.5 Å². The molecule has 6 nitrogen and oxygen atoms in total. The normalized spacial score (nSPS) is 9.65. The fourth-order valence-electron chi connectivity index (χ4n) is 1.31. The van der Waals surface area contributed by atoms with Gasteiger partial charge >= 0.3 is 5.97 Å². The highest BCUT2D eigenvalue weighted by molar-refractivity contribution is 7.81. The van der Waals surface area contributed by atoms with Crippen LogP contribution in [0.3, 0.4) is 0 Å². The summed E-state index contributed by atoms with van der Waals surface area (Å²) in [6.07, 6.45) is 0. The van der Waals surface area contributed by atoms with E-state index in [-0.39, 0.29) is 17.2 Å².